The van der Waals surface area contributed by atoms with Crippen LogP contribution in [0.25, 0.3) is 10.4 Å². The number of aryl methyl sites for hydroxylation is 2. The van der Waals surface area contributed by atoms with Crippen molar-refractivity contribution in [3.63, 3.8) is 0 Å². The number of amides is 1. The Balaban J connectivity index is 1.40. The number of Topliss-reactive ketones (excluding diaryl/α,β-unsaturated/α-hetero) is 1. The molecule has 1 aromatic carbocycles. The zero-order valence-electron chi connectivity index (χ0n) is 23.0. The van der Waals surface area contributed by atoms with Crippen molar-refractivity contribution in [2.75, 3.05) is 0 Å². The Bertz CT molecular complexity index is 1150. The number of carbonyl (C=O) groups excluding carboxylic acids is 2. The number of ketones is 1. The van der Waals surface area contributed by atoms with E-state index >= 15 is 0 Å². The summed E-state index contributed by atoms with van der Waals surface area (Å²) in [6.45, 7) is 9.70. The minimum Gasteiger partial charge on any atom is -0.346 e. The fourth-order valence-corrected chi connectivity index (χ4v) is 6.91. The van der Waals surface area contributed by atoms with E-state index < -0.39 is 6.04 Å². The van der Waals surface area contributed by atoms with Gasteiger partial charge in [-0.1, -0.05) is 75.3 Å². The van der Waals surface area contributed by atoms with Crippen LogP contribution in [0.1, 0.15) is 77.5 Å². The first-order chi connectivity index (χ1) is 17.6. The molecule has 0 aliphatic heterocycles. The fourth-order valence-electron chi connectivity index (χ4n) is 6.10. The summed E-state index contributed by atoms with van der Waals surface area (Å²) in [7, 11) is 0. The van der Waals surface area contributed by atoms with E-state index in [2.05, 4.69) is 59.7 Å². The Labute approximate surface area is 226 Å². The smallest absolute Gasteiger partial charge is 0.217 e. The Morgan fingerprint density at radius 3 is 2.57 bits per heavy atom. The van der Waals surface area contributed by atoms with Crippen molar-refractivity contribution in [3.8, 4) is 10.4 Å². The van der Waals surface area contributed by atoms with E-state index in [-0.39, 0.29) is 23.0 Å². The molecule has 1 aromatic heterocycles. The van der Waals surface area contributed by atoms with Crippen molar-refractivity contribution in [2.45, 2.75) is 85.6 Å². The van der Waals surface area contributed by atoms with Gasteiger partial charge >= 0.3 is 0 Å². The average Bonchev–Trinajstić information content (AvgIpc) is 3.31. The van der Waals surface area contributed by atoms with Crippen LogP contribution in [0.2, 0.25) is 0 Å². The predicted octanol–water partition coefficient (Wildman–Crippen LogP) is 7.48. The Morgan fingerprint density at radius 2 is 1.92 bits per heavy atom. The van der Waals surface area contributed by atoms with Crippen molar-refractivity contribution in [3.05, 3.63) is 64.8 Å². The number of hydrogen-bond acceptors (Lipinski definition) is 4. The third kappa shape index (κ3) is 6.87. The highest BCUT2D eigenvalue weighted by Gasteiger charge is 2.39. The van der Waals surface area contributed by atoms with Gasteiger partial charge in [0.25, 0.3) is 0 Å². The van der Waals surface area contributed by atoms with E-state index in [0.717, 1.165) is 50.6 Å². The maximum Gasteiger partial charge on any atom is 0.217 e. The van der Waals surface area contributed by atoms with Crippen molar-refractivity contribution in [1.82, 2.24) is 10.3 Å². The molecule has 4 nitrogen and oxygen atoms in total. The average molecular weight is 519 g/mol. The first-order valence-electron chi connectivity index (χ1n) is 13.8. The quantitative estimate of drug-likeness (QED) is 0.394. The monoisotopic (exact) mass is 518 g/mol. The molecule has 2 unspecified atom stereocenters. The number of carbonyl (C=O) groups is 2. The highest BCUT2D eigenvalue weighted by Crippen LogP contribution is 2.42. The summed E-state index contributed by atoms with van der Waals surface area (Å²) in [5.74, 6) is 1.08. The van der Waals surface area contributed by atoms with Gasteiger partial charge in [-0.25, -0.2) is 4.98 Å². The van der Waals surface area contributed by atoms with Crippen LogP contribution < -0.4 is 5.32 Å². The van der Waals surface area contributed by atoms with E-state index in [1.54, 1.807) is 11.3 Å². The fraction of sp³-hybridized carbons (Fsp3) is 0.531. The summed E-state index contributed by atoms with van der Waals surface area (Å²) >= 11 is 1.70. The Hall–Kier alpha value is -2.53. The Morgan fingerprint density at radius 1 is 1.16 bits per heavy atom. The topological polar surface area (TPSA) is 59.1 Å². The molecule has 1 fully saturated rings. The number of thiazole rings is 1. The van der Waals surface area contributed by atoms with Gasteiger partial charge < -0.3 is 5.32 Å². The van der Waals surface area contributed by atoms with Crippen LogP contribution in [0.5, 0.6) is 0 Å². The molecule has 0 radical (unpaired) electrons. The molecule has 198 valence electrons. The number of nitrogens with one attached hydrogen (secondary N) is 1. The highest BCUT2D eigenvalue weighted by molar-refractivity contribution is 7.13. The number of hydrogen-bond donors (Lipinski definition) is 1. The van der Waals surface area contributed by atoms with Crippen LogP contribution >= 0.6 is 11.3 Å². The van der Waals surface area contributed by atoms with Gasteiger partial charge in [-0.3, -0.25) is 9.59 Å². The highest BCUT2D eigenvalue weighted by atomic mass is 32.1. The summed E-state index contributed by atoms with van der Waals surface area (Å²) in [4.78, 5) is 31.1. The van der Waals surface area contributed by atoms with E-state index in [4.69, 9.17) is 0 Å². The zero-order chi connectivity index (χ0) is 26.6. The molecule has 4 rings (SSSR count). The molecule has 2 aliphatic carbocycles. The minimum absolute atomic E-state index is 0.0185. The normalized spacial score (nSPS) is 22.8. The first kappa shape index (κ1) is 27.5. The molecular weight excluding hydrogens is 476 g/mol. The van der Waals surface area contributed by atoms with Gasteiger partial charge in [-0.05, 0) is 73.8 Å². The second-order valence-corrected chi connectivity index (χ2v) is 12.8. The van der Waals surface area contributed by atoms with Gasteiger partial charge in [-0.2, -0.15) is 0 Å². The van der Waals surface area contributed by atoms with Crippen molar-refractivity contribution in [1.29, 1.82) is 0 Å². The molecule has 5 heteroatoms. The number of aromatic nitrogens is 1. The number of rotatable bonds is 8. The molecule has 1 saturated carbocycles. The maximum absolute atomic E-state index is 13.6. The van der Waals surface area contributed by atoms with E-state index in [1.165, 1.54) is 28.5 Å². The van der Waals surface area contributed by atoms with Crippen LogP contribution in [0.3, 0.4) is 0 Å². The van der Waals surface area contributed by atoms with E-state index in [1.807, 2.05) is 26.3 Å². The van der Waals surface area contributed by atoms with Crippen LogP contribution in [0.15, 0.2) is 53.6 Å². The second kappa shape index (κ2) is 11.9. The van der Waals surface area contributed by atoms with Crippen molar-refractivity contribution < 1.29 is 9.59 Å². The van der Waals surface area contributed by atoms with Crippen LogP contribution in [-0.2, 0) is 16.0 Å². The maximum atomic E-state index is 13.6. The third-order valence-corrected chi connectivity index (χ3v) is 9.08. The molecular formula is C32H42N2O2S. The van der Waals surface area contributed by atoms with Gasteiger partial charge in [0.1, 0.15) is 0 Å². The number of allylic oxidation sites excluding steroid dienone is 4. The van der Waals surface area contributed by atoms with Gasteiger partial charge in [0.15, 0.2) is 5.78 Å². The van der Waals surface area contributed by atoms with Crippen LogP contribution in [0.4, 0.5) is 0 Å². The number of benzene rings is 1. The molecule has 2 aliphatic rings. The zero-order valence-corrected chi connectivity index (χ0v) is 23.9. The molecule has 37 heavy (non-hydrogen) atoms. The SMILES string of the molecule is CC(=O)N[C@H](C(=O)C1CCC[C@@H](C2=CC=CCC2CCc2ccc(-c3scnc3C)cc2)C1)C(C)(C)C. The summed E-state index contributed by atoms with van der Waals surface area (Å²) < 4.78 is 0. The molecule has 4 atom stereocenters. The molecule has 1 amide bonds. The minimum atomic E-state index is -0.429. The van der Waals surface area contributed by atoms with Gasteiger partial charge in [0, 0.05) is 12.8 Å². The first-order valence-corrected chi connectivity index (χ1v) is 14.7. The third-order valence-electron chi connectivity index (χ3n) is 8.11. The molecule has 2 aromatic rings. The van der Waals surface area contributed by atoms with E-state index in [0.29, 0.717) is 11.8 Å². The van der Waals surface area contributed by atoms with Gasteiger partial charge in [0.05, 0.1) is 22.1 Å². The van der Waals surface area contributed by atoms with E-state index in [9.17, 15) is 9.59 Å². The summed E-state index contributed by atoms with van der Waals surface area (Å²) in [6.07, 6.45) is 14.2. The van der Waals surface area contributed by atoms with Crippen LogP contribution in [-0.4, -0.2) is 22.7 Å². The van der Waals surface area contributed by atoms with Gasteiger partial charge in [-0.15, -0.1) is 11.3 Å². The molecule has 0 saturated heterocycles. The summed E-state index contributed by atoms with van der Waals surface area (Å²) in [5, 5.41) is 2.96. The second-order valence-electron chi connectivity index (χ2n) is 12.0. The lowest BCUT2D eigenvalue weighted by molar-refractivity contribution is -0.133. The Kier molecular flexibility index (Phi) is 8.84. The standard InChI is InChI=1S/C32H42N2O2S/c1-21-30(37-20-33-21)25-17-14-23(15-18-25)13-16-24-9-6-7-12-28(24)26-10-8-11-27(19-26)29(36)31(32(3,4)5)34-22(2)35/h6-7,12,14-15,17-18,20,24,26-27,31H,8-11,13,16,19H2,1-5H3,(H,34,35)/t24?,26-,27?,31-/m1/s1. The van der Waals surface area contributed by atoms with Crippen LogP contribution in [0, 0.1) is 30.1 Å². The lowest BCUT2D eigenvalue weighted by atomic mass is 9.68. The molecule has 0 bridgehead atoms. The lowest BCUT2D eigenvalue weighted by Crippen LogP contribution is -2.51. The molecule has 0 spiro atoms. The molecule has 1 N–H and O–H groups in total. The molecule has 1 heterocycles. The van der Waals surface area contributed by atoms with Crippen molar-refractivity contribution in [2.24, 2.45) is 23.2 Å². The number of nitrogens with zero attached hydrogens (tertiary/aromatic N) is 1. The predicted molar refractivity (Wildman–Crippen MR) is 153 cm³/mol. The van der Waals surface area contributed by atoms with Gasteiger partial charge in [0.2, 0.25) is 5.91 Å². The summed E-state index contributed by atoms with van der Waals surface area (Å²) in [6, 6.07) is 8.55. The summed E-state index contributed by atoms with van der Waals surface area (Å²) in [5.41, 5.74) is 6.87. The largest absolute Gasteiger partial charge is 0.346 e. The lowest BCUT2D eigenvalue weighted by Gasteiger charge is -2.38. The van der Waals surface area contributed by atoms with Crippen molar-refractivity contribution >= 4 is 23.0 Å².